The third kappa shape index (κ3) is 5.12. The van der Waals surface area contributed by atoms with Crippen LogP contribution >= 0.6 is 12.2 Å². The molecule has 0 bridgehead atoms. The Morgan fingerprint density at radius 3 is 2.25 bits per heavy atom. The average Bonchev–Trinajstić information content (AvgIpc) is 2.76. The SMILES string of the molecule is CC(C)CNC(=S)NCC(C)N1CCCC1. The smallest absolute Gasteiger partial charge is 0.166 e. The predicted molar refractivity (Wildman–Crippen MR) is 73.7 cm³/mol. The number of hydrogen-bond acceptors (Lipinski definition) is 2. The van der Waals surface area contributed by atoms with E-state index in [2.05, 4.69) is 36.3 Å². The van der Waals surface area contributed by atoms with Crippen molar-refractivity contribution < 1.29 is 0 Å². The van der Waals surface area contributed by atoms with E-state index in [0.29, 0.717) is 12.0 Å². The number of thiocarbonyl (C=S) groups is 1. The van der Waals surface area contributed by atoms with Crippen molar-refractivity contribution in [1.29, 1.82) is 0 Å². The Kier molecular flexibility index (Phi) is 6.06. The van der Waals surface area contributed by atoms with Crippen LogP contribution in [0.25, 0.3) is 0 Å². The van der Waals surface area contributed by atoms with E-state index in [1.54, 1.807) is 0 Å². The fraction of sp³-hybridized carbons (Fsp3) is 0.917. The second kappa shape index (κ2) is 7.07. The Morgan fingerprint density at radius 2 is 1.69 bits per heavy atom. The second-order valence-electron chi connectivity index (χ2n) is 5.08. The van der Waals surface area contributed by atoms with Gasteiger partial charge in [-0.1, -0.05) is 13.8 Å². The molecular formula is C12H25N3S. The molecule has 1 saturated heterocycles. The van der Waals surface area contributed by atoms with Crippen molar-refractivity contribution >= 4 is 17.3 Å². The van der Waals surface area contributed by atoms with E-state index >= 15 is 0 Å². The monoisotopic (exact) mass is 243 g/mol. The highest BCUT2D eigenvalue weighted by Crippen LogP contribution is 2.10. The molecule has 16 heavy (non-hydrogen) atoms. The number of likely N-dealkylation sites (tertiary alicyclic amines) is 1. The maximum Gasteiger partial charge on any atom is 0.166 e. The van der Waals surface area contributed by atoms with Crippen LogP contribution in [0.3, 0.4) is 0 Å². The van der Waals surface area contributed by atoms with Crippen LogP contribution < -0.4 is 10.6 Å². The summed E-state index contributed by atoms with van der Waals surface area (Å²) in [6.45, 7) is 11.0. The van der Waals surface area contributed by atoms with Crippen LogP contribution in [0.4, 0.5) is 0 Å². The van der Waals surface area contributed by atoms with Crippen LogP contribution in [0.1, 0.15) is 33.6 Å². The Balaban J connectivity index is 2.10. The molecule has 1 rings (SSSR count). The van der Waals surface area contributed by atoms with Crippen molar-refractivity contribution in [2.24, 2.45) is 5.92 Å². The quantitative estimate of drug-likeness (QED) is 0.717. The highest BCUT2D eigenvalue weighted by atomic mass is 32.1. The summed E-state index contributed by atoms with van der Waals surface area (Å²) in [5.74, 6) is 0.635. The lowest BCUT2D eigenvalue weighted by Crippen LogP contribution is -2.44. The largest absolute Gasteiger partial charge is 0.362 e. The molecule has 0 saturated carbocycles. The standard InChI is InChI=1S/C12H25N3S/c1-10(2)8-13-12(16)14-9-11(3)15-6-4-5-7-15/h10-11H,4-9H2,1-3H3,(H2,13,14,16). The van der Waals surface area contributed by atoms with Gasteiger partial charge in [-0.3, -0.25) is 4.90 Å². The highest BCUT2D eigenvalue weighted by molar-refractivity contribution is 7.80. The summed E-state index contributed by atoms with van der Waals surface area (Å²) in [5, 5.41) is 7.31. The second-order valence-corrected chi connectivity index (χ2v) is 5.49. The van der Waals surface area contributed by atoms with Crippen LogP contribution in [0.15, 0.2) is 0 Å². The maximum absolute atomic E-state index is 5.22. The van der Waals surface area contributed by atoms with Gasteiger partial charge in [-0.25, -0.2) is 0 Å². The van der Waals surface area contributed by atoms with Crippen LogP contribution in [0, 0.1) is 5.92 Å². The minimum Gasteiger partial charge on any atom is -0.362 e. The molecule has 0 aromatic heterocycles. The van der Waals surface area contributed by atoms with E-state index in [9.17, 15) is 0 Å². The van der Waals surface area contributed by atoms with E-state index in [4.69, 9.17) is 12.2 Å². The average molecular weight is 243 g/mol. The lowest BCUT2D eigenvalue weighted by molar-refractivity contribution is 0.259. The molecule has 0 radical (unpaired) electrons. The summed E-state index contributed by atoms with van der Waals surface area (Å²) in [6.07, 6.45) is 2.70. The maximum atomic E-state index is 5.22. The zero-order valence-electron chi connectivity index (χ0n) is 10.8. The Labute approximate surface area is 105 Å². The summed E-state index contributed by atoms with van der Waals surface area (Å²) in [4.78, 5) is 2.53. The van der Waals surface area contributed by atoms with Crippen LogP contribution in [-0.4, -0.2) is 42.2 Å². The Bertz CT molecular complexity index is 212. The van der Waals surface area contributed by atoms with Gasteiger partial charge in [-0.05, 0) is 51.0 Å². The van der Waals surface area contributed by atoms with E-state index in [0.717, 1.165) is 18.2 Å². The van der Waals surface area contributed by atoms with Gasteiger partial charge in [0.25, 0.3) is 0 Å². The lowest BCUT2D eigenvalue weighted by Gasteiger charge is -2.24. The van der Waals surface area contributed by atoms with E-state index in [1.807, 2.05) is 0 Å². The first kappa shape index (κ1) is 13.7. The van der Waals surface area contributed by atoms with Crippen molar-refractivity contribution in [3.05, 3.63) is 0 Å². The first-order valence-corrected chi connectivity index (χ1v) is 6.76. The molecule has 0 amide bonds. The Hall–Kier alpha value is -0.350. The van der Waals surface area contributed by atoms with Crippen molar-refractivity contribution in [2.45, 2.75) is 39.7 Å². The molecule has 0 aliphatic carbocycles. The minimum atomic E-state index is 0.585. The van der Waals surface area contributed by atoms with Gasteiger partial charge in [0.2, 0.25) is 0 Å². The van der Waals surface area contributed by atoms with Crippen LogP contribution in [0.5, 0.6) is 0 Å². The first-order chi connectivity index (χ1) is 7.59. The van der Waals surface area contributed by atoms with Gasteiger partial charge in [0, 0.05) is 19.1 Å². The molecule has 1 aliphatic heterocycles. The number of rotatable bonds is 5. The molecule has 1 atom stereocenters. The molecular weight excluding hydrogens is 218 g/mol. The molecule has 3 nitrogen and oxygen atoms in total. The topological polar surface area (TPSA) is 27.3 Å². The molecule has 1 fully saturated rings. The summed E-state index contributed by atoms with van der Waals surface area (Å²) in [7, 11) is 0. The number of hydrogen-bond donors (Lipinski definition) is 2. The highest BCUT2D eigenvalue weighted by Gasteiger charge is 2.17. The van der Waals surface area contributed by atoms with Crippen LogP contribution in [-0.2, 0) is 0 Å². The number of nitrogens with one attached hydrogen (secondary N) is 2. The summed E-state index contributed by atoms with van der Waals surface area (Å²) in [6, 6.07) is 0.585. The molecule has 0 aromatic rings. The molecule has 94 valence electrons. The summed E-state index contributed by atoms with van der Waals surface area (Å²) in [5.41, 5.74) is 0. The van der Waals surface area contributed by atoms with Gasteiger partial charge in [0.05, 0.1) is 0 Å². The predicted octanol–water partition coefficient (Wildman–Crippen LogP) is 1.59. The molecule has 4 heteroatoms. The fourth-order valence-electron chi connectivity index (χ4n) is 1.91. The normalized spacial score (nSPS) is 18.8. The van der Waals surface area contributed by atoms with Gasteiger partial charge < -0.3 is 10.6 Å². The van der Waals surface area contributed by atoms with Crippen molar-refractivity contribution in [3.63, 3.8) is 0 Å². The van der Waals surface area contributed by atoms with Gasteiger partial charge in [0.1, 0.15) is 0 Å². The van der Waals surface area contributed by atoms with Crippen molar-refractivity contribution in [1.82, 2.24) is 15.5 Å². The minimum absolute atomic E-state index is 0.585. The Morgan fingerprint density at radius 1 is 1.12 bits per heavy atom. The van der Waals surface area contributed by atoms with E-state index in [-0.39, 0.29) is 0 Å². The van der Waals surface area contributed by atoms with Crippen molar-refractivity contribution in [3.8, 4) is 0 Å². The van der Waals surface area contributed by atoms with E-state index < -0.39 is 0 Å². The van der Waals surface area contributed by atoms with Gasteiger partial charge in [0.15, 0.2) is 5.11 Å². The molecule has 2 N–H and O–H groups in total. The van der Waals surface area contributed by atoms with E-state index in [1.165, 1.54) is 25.9 Å². The van der Waals surface area contributed by atoms with Crippen molar-refractivity contribution in [2.75, 3.05) is 26.2 Å². The van der Waals surface area contributed by atoms with Gasteiger partial charge in [-0.2, -0.15) is 0 Å². The molecule has 0 aromatic carbocycles. The lowest BCUT2D eigenvalue weighted by atomic mass is 10.2. The molecule has 1 aliphatic rings. The third-order valence-corrected chi connectivity index (χ3v) is 3.28. The molecule has 1 unspecified atom stereocenters. The molecule has 1 heterocycles. The fourth-order valence-corrected chi connectivity index (χ4v) is 2.08. The first-order valence-electron chi connectivity index (χ1n) is 6.35. The molecule has 0 spiro atoms. The summed E-state index contributed by atoms with van der Waals surface area (Å²) < 4.78 is 0. The third-order valence-electron chi connectivity index (χ3n) is 2.99. The zero-order valence-corrected chi connectivity index (χ0v) is 11.6. The van der Waals surface area contributed by atoms with Gasteiger partial charge >= 0.3 is 0 Å². The van der Waals surface area contributed by atoms with Gasteiger partial charge in [-0.15, -0.1) is 0 Å². The summed E-state index contributed by atoms with van der Waals surface area (Å²) >= 11 is 5.22. The van der Waals surface area contributed by atoms with Crippen LogP contribution in [0.2, 0.25) is 0 Å². The zero-order chi connectivity index (χ0) is 12.0. The number of nitrogens with zero attached hydrogens (tertiary/aromatic N) is 1.